The number of halogens is 1. The second-order valence-corrected chi connectivity index (χ2v) is 3.62. The van der Waals surface area contributed by atoms with Crippen LogP contribution < -0.4 is 5.32 Å². The van der Waals surface area contributed by atoms with Gasteiger partial charge in [-0.25, -0.2) is 0 Å². The lowest BCUT2D eigenvalue weighted by molar-refractivity contribution is 0.112. The molecule has 0 unspecified atom stereocenters. The van der Waals surface area contributed by atoms with E-state index in [2.05, 4.69) is 21.2 Å². The SMILES string of the molecule is CNCC=Cc1cccc(C=O)c1Br. The van der Waals surface area contributed by atoms with Gasteiger partial charge in [-0.05, 0) is 28.5 Å². The Labute approximate surface area is 92.1 Å². The number of aldehydes is 1. The van der Waals surface area contributed by atoms with Gasteiger partial charge in [-0.15, -0.1) is 0 Å². The van der Waals surface area contributed by atoms with Crippen molar-refractivity contribution in [2.45, 2.75) is 0 Å². The number of hydrogen-bond acceptors (Lipinski definition) is 2. The molecule has 14 heavy (non-hydrogen) atoms. The number of benzene rings is 1. The molecule has 0 aliphatic rings. The molecule has 1 rings (SSSR count). The smallest absolute Gasteiger partial charge is 0.151 e. The van der Waals surface area contributed by atoms with Crippen LogP contribution in [0.2, 0.25) is 0 Å². The Hall–Kier alpha value is -0.930. The highest BCUT2D eigenvalue weighted by molar-refractivity contribution is 9.10. The van der Waals surface area contributed by atoms with E-state index in [1.54, 1.807) is 6.07 Å². The van der Waals surface area contributed by atoms with E-state index in [0.29, 0.717) is 5.56 Å². The summed E-state index contributed by atoms with van der Waals surface area (Å²) in [6, 6.07) is 5.61. The topological polar surface area (TPSA) is 29.1 Å². The Kier molecular flexibility index (Phi) is 4.56. The number of rotatable bonds is 4. The van der Waals surface area contributed by atoms with Crippen LogP contribution in [0.15, 0.2) is 28.7 Å². The Bertz CT molecular complexity index is 347. The molecular formula is C11H12BrNO. The van der Waals surface area contributed by atoms with Gasteiger partial charge in [0, 0.05) is 16.6 Å². The van der Waals surface area contributed by atoms with Gasteiger partial charge >= 0.3 is 0 Å². The fourth-order valence-corrected chi connectivity index (χ4v) is 1.58. The van der Waals surface area contributed by atoms with Crippen molar-refractivity contribution in [2.75, 3.05) is 13.6 Å². The van der Waals surface area contributed by atoms with Crippen molar-refractivity contribution < 1.29 is 4.79 Å². The van der Waals surface area contributed by atoms with Crippen LogP contribution in [0.1, 0.15) is 15.9 Å². The standard InChI is InChI=1S/C11H12BrNO/c1-13-7-3-6-9-4-2-5-10(8-14)11(9)12/h2-6,8,13H,7H2,1H3. The van der Waals surface area contributed by atoms with Gasteiger partial charge in [-0.1, -0.05) is 30.4 Å². The van der Waals surface area contributed by atoms with Gasteiger partial charge in [0.05, 0.1) is 0 Å². The van der Waals surface area contributed by atoms with Crippen LogP contribution in [0.5, 0.6) is 0 Å². The summed E-state index contributed by atoms with van der Waals surface area (Å²) in [5.41, 5.74) is 1.70. The lowest BCUT2D eigenvalue weighted by atomic mass is 10.1. The van der Waals surface area contributed by atoms with Crippen molar-refractivity contribution in [1.29, 1.82) is 0 Å². The van der Waals surface area contributed by atoms with Crippen LogP contribution in [0.25, 0.3) is 6.08 Å². The summed E-state index contributed by atoms with van der Waals surface area (Å²) in [7, 11) is 1.89. The molecule has 1 aromatic carbocycles. The third-order valence-corrected chi connectivity index (χ3v) is 2.72. The quantitative estimate of drug-likeness (QED) is 0.836. The average molecular weight is 254 g/mol. The van der Waals surface area contributed by atoms with E-state index >= 15 is 0 Å². The van der Waals surface area contributed by atoms with Gasteiger partial charge in [-0.2, -0.15) is 0 Å². The third kappa shape index (κ3) is 2.79. The summed E-state index contributed by atoms with van der Waals surface area (Å²) in [5.74, 6) is 0. The molecule has 0 spiro atoms. The van der Waals surface area contributed by atoms with Crippen LogP contribution >= 0.6 is 15.9 Å². The summed E-state index contributed by atoms with van der Waals surface area (Å²) in [6.45, 7) is 0.817. The van der Waals surface area contributed by atoms with Crippen molar-refractivity contribution in [3.05, 3.63) is 39.9 Å². The Balaban J connectivity index is 2.92. The maximum absolute atomic E-state index is 10.6. The van der Waals surface area contributed by atoms with Crippen LogP contribution in [-0.2, 0) is 0 Å². The van der Waals surface area contributed by atoms with Crippen LogP contribution in [-0.4, -0.2) is 19.9 Å². The van der Waals surface area contributed by atoms with Crippen LogP contribution in [0, 0.1) is 0 Å². The monoisotopic (exact) mass is 253 g/mol. The second-order valence-electron chi connectivity index (χ2n) is 2.83. The fourth-order valence-electron chi connectivity index (χ4n) is 1.09. The molecule has 0 aromatic heterocycles. The molecule has 1 N–H and O–H groups in total. The molecule has 3 heteroatoms. The van der Waals surface area contributed by atoms with E-state index < -0.39 is 0 Å². The van der Waals surface area contributed by atoms with E-state index in [-0.39, 0.29) is 0 Å². The summed E-state index contributed by atoms with van der Waals surface area (Å²) in [6.07, 6.45) is 4.84. The van der Waals surface area contributed by atoms with E-state index in [1.807, 2.05) is 31.3 Å². The van der Waals surface area contributed by atoms with Crippen LogP contribution in [0.4, 0.5) is 0 Å². The summed E-state index contributed by atoms with van der Waals surface area (Å²) in [4.78, 5) is 10.6. The van der Waals surface area contributed by atoms with Gasteiger partial charge in [0.1, 0.15) is 0 Å². The fraction of sp³-hybridized carbons (Fsp3) is 0.182. The predicted molar refractivity (Wildman–Crippen MR) is 62.5 cm³/mol. The first-order valence-electron chi connectivity index (χ1n) is 4.34. The minimum Gasteiger partial charge on any atom is -0.316 e. The maximum Gasteiger partial charge on any atom is 0.151 e. The Morgan fingerprint density at radius 2 is 2.14 bits per heavy atom. The Morgan fingerprint density at radius 3 is 2.79 bits per heavy atom. The highest BCUT2D eigenvalue weighted by atomic mass is 79.9. The summed E-state index contributed by atoms with van der Waals surface area (Å²) in [5, 5.41) is 3.01. The largest absolute Gasteiger partial charge is 0.316 e. The maximum atomic E-state index is 10.6. The lowest BCUT2D eigenvalue weighted by Gasteiger charge is -2.00. The zero-order valence-corrected chi connectivity index (χ0v) is 9.54. The molecule has 0 saturated carbocycles. The number of nitrogens with one attached hydrogen (secondary N) is 1. The van der Waals surface area contributed by atoms with E-state index in [4.69, 9.17) is 0 Å². The molecular weight excluding hydrogens is 242 g/mol. The van der Waals surface area contributed by atoms with E-state index in [0.717, 1.165) is 22.9 Å². The number of carbonyl (C=O) groups excluding carboxylic acids is 1. The third-order valence-electron chi connectivity index (χ3n) is 1.80. The van der Waals surface area contributed by atoms with Gasteiger partial charge in [0.15, 0.2) is 6.29 Å². The molecule has 0 fully saturated rings. The van der Waals surface area contributed by atoms with Gasteiger partial charge < -0.3 is 5.32 Å². The van der Waals surface area contributed by atoms with Crippen molar-refractivity contribution in [3.8, 4) is 0 Å². The normalized spacial score (nSPS) is 10.7. The molecule has 2 nitrogen and oxygen atoms in total. The minimum absolute atomic E-state index is 0.677. The van der Waals surface area contributed by atoms with Crippen molar-refractivity contribution in [2.24, 2.45) is 0 Å². The zero-order valence-electron chi connectivity index (χ0n) is 7.96. The molecule has 0 aliphatic carbocycles. The molecule has 0 atom stereocenters. The average Bonchev–Trinajstić information content (AvgIpc) is 2.21. The molecule has 0 aliphatic heterocycles. The molecule has 0 saturated heterocycles. The molecule has 0 heterocycles. The molecule has 0 amide bonds. The number of likely N-dealkylation sites (N-methyl/N-ethyl adjacent to an activating group) is 1. The lowest BCUT2D eigenvalue weighted by Crippen LogP contribution is -2.03. The second kappa shape index (κ2) is 5.73. The first-order valence-corrected chi connectivity index (χ1v) is 5.13. The number of carbonyl (C=O) groups is 1. The van der Waals surface area contributed by atoms with E-state index in [1.165, 1.54) is 0 Å². The van der Waals surface area contributed by atoms with Crippen molar-refractivity contribution >= 4 is 28.3 Å². The summed E-state index contributed by atoms with van der Waals surface area (Å²) >= 11 is 3.39. The Morgan fingerprint density at radius 1 is 1.43 bits per heavy atom. The first-order chi connectivity index (χ1) is 6.79. The molecule has 74 valence electrons. The minimum atomic E-state index is 0.677. The highest BCUT2D eigenvalue weighted by Gasteiger charge is 2.00. The zero-order chi connectivity index (χ0) is 10.4. The van der Waals surface area contributed by atoms with Crippen molar-refractivity contribution in [1.82, 2.24) is 5.32 Å². The molecule has 0 bridgehead atoms. The van der Waals surface area contributed by atoms with Crippen molar-refractivity contribution in [3.63, 3.8) is 0 Å². The van der Waals surface area contributed by atoms with Gasteiger partial charge in [0.2, 0.25) is 0 Å². The summed E-state index contributed by atoms with van der Waals surface area (Å²) < 4.78 is 0.849. The van der Waals surface area contributed by atoms with Crippen LogP contribution in [0.3, 0.4) is 0 Å². The molecule has 1 aromatic rings. The van der Waals surface area contributed by atoms with E-state index in [9.17, 15) is 4.79 Å². The number of hydrogen-bond donors (Lipinski definition) is 1. The molecule has 0 radical (unpaired) electrons. The first kappa shape index (κ1) is 11.1. The van der Waals surface area contributed by atoms with Gasteiger partial charge in [0.25, 0.3) is 0 Å². The highest BCUT2D eigenvalue weighted by Crippen LogP contribution is 2.21. The predicted octanol–water partition coefficient (Wildman–Crippen LogP) is 2.49. The van der Waals surface area contributed by atoms with Gasteiger partial charge in [-0.3, -0.25) is 4.79 Å².